The lowest BCUT2D eigenvalue weighted by atomic mass is 9.64. The Morgan fingerprint density at radius 2 is 1.97 bits per heavy atom. The number of hydrogen-bond donors (Lipinski definition) is 3. The molecule has 8 nitrogen and oxygen atoms in total. The Bertz CT molecular complexity index is 1110. The van der Waals surface area contributed by atoms with Gasteiger partial charge in [0.05, 0.1) is 18.0 Å². The number of likely N-dealkylation sites (tertiary alicyclic amines) is 1. The first-order chi connectivity index (χ1) is 16.5. The number of halogens is 1. The molecule has 1 aliphatic carbocycles. The van der Waals surface area contributed by atoms with Crippen molar-refractivity contribution in [3.05, 3.63) is 29.8 Å². The molecule has 4 rings (SSSR count). The highest BCUT2D eigenvalue weighted by Crippen LogP contribution is 2.44. The molecule has 1 aromatic carbocycles. The SMILES string of the molecule is C[C@H](NC(=O)[C@H](CC(=O)N1CCCC[C@@H]1C)NC(=O)C1CC(C)(C)C1)c1nc2c(F)cccc2[nH]1. The second kappa shape index (κ2) is 9.95. The van der Waals surface area contributed by atoms with Crippen LogP contribution >= 0.6 is 0 Å². The van der Waals surface area contributed by atoms with Gasteiger partial charge in [0, 0.05) is 18.5 Å². The van der Waals surface area contributed by atoms with Crippen molar-refractivity contribution in [3.63, 3.8) is 0 Å². The van der Waals surface area contributed by atoms with E-state index >= 15 is 0 Å². The summed E-state index contributed by atoms with van der Waals surface area (Å²) in [5.41, 5.74) is 0.854. The number of rotatable bonds is 7. The predicted octanol–water partition coefficient (Wildman–Crippen LogP) is 3.59. The monoisotopic (exact) mass is 485 g/mol. The van der Waals surface area contributed by atoms with Crippen LogP contribution in [-0.2, 0) is 14.4 Å². The highest BCUT2D eigenvalue weighted by Gasteiger charge is 2.41. The fraction of sp³-hybridized carbons (Fsp3) is 0.615. The van der Waals surface area contributed by atoms with Gasteiger partial charge in [-0.2, -0.15) is 0 Å². The summed E-state index contributed by atoms with van der Waals surface area (Å²) in [4.78, 5) is 48.4. The number of aromatic amines is 1. The molecule has 3 amide bonds. The maximum atomic E-state index is 14.1. The molecule has 35 heavy (non-hydrogen) atoms. The zero-order valence-electron chi connectivity index (χ0n) is 21.0. The van der Waals surface area contributed by atoms with E-state index in [1.54, 1.807) is 19.1 Å². The first kappa shape index (κ1) is 25.1. The number of nitrogens with one attached hydrogen (secondary N) is 3. The normalized spacial score (nSPS) is 21.7. The van der Waals surface area contributed by atoms with Crippen molar-refractivity contribution in [2.24, 2.45) is 11.3 Å². The van der Waals surface area contributed by atoms with Crippen LogP contribution in [0, 0.1) is 17.2 Å². The zero-order chi connectivity index (χ0) is 25.3. The lowest BCUT2D eigenvalue weighted by Crippen LogP contribution is -2.54. The van der Waals surface area contributed by atoms with Crippen molar-refractivity contribution in [1.82, 2.24) is 25.5 Å². The Kier molecular flexibility index (Phi) is 7.15. The van der Waals surface area contributed by atoms with Gasteiger partial charge in [-0.25, -0.2) is 9.37 Å². The molecular formula is C26H36FN5O3. The summed E-state index contributed by atoms with van der Waals surface area (Å²) in [6, 6.07) is 3.19. The summed E-state index contributed by atoms with van der Waals surface area (Å²) in [6.07, 6.45) is 4.37. The minimum Gasteiger partial charge on any atom is -0.345 e. The maximum Gasteiger partial charge on any atom is 0.243 e. The molecule has 190 valence electrons. The van der Waals surface area contributed by atoms with Crippen LogP contribution in [0.5, 0.6) is 0 Å². The third-order valence-electron chi connectivity index (χ3n) is 7.35. The molecular weight excluding hydrogens is 449 g/mol. The van der Waals surface area contributed by atoms with Crippen LogP contribution in [0.3, 0.4) is 0 Å². The van der Waals surface area contributed by atoms with Crippen LogP contribution in [0.4, 0.5) is 4.39 Å². The fourth-order valence-corrected chi connectivity index (χ4v) is 5.32. The van der Waals surface area contributed by atoms with Gasteiger partial charge in [-0.15, -0.1) is 0 Å². The molecule has 2 fully saturated rings. The number of hydrogen-bond acceptors (Lipinski definition) is 4. The van der Waals surface area contributed by atoms with Crippen molar-refractivity contribution >= 4 is 28.8 Å². The van der Waals surface area contributed by atoms with Crippen molar-refractivity contribution in [2.75, 3.05) is 6.54 Å². The van der Waals surface area contributed by atoms with Gasteiger partial charge in [0.25, 0.3) is 0 Å². The topological polar surface area (TPSA) is 107 Å². The largest absolute Gasteiger partial charge is 0.345 e. The van der Waals surface area contributed by atoms with Gasteiger partial charge in [-0.1, -0.05) is 19.9 Å². The van der Waals surface area contributed by atoms with Crippen molar-refractivity contribution < 1.29 is 18.8 Å². The Morgan fingerprint density at radius 3 is 2.63 bits per heavy atom. The Labute approximate surface area is 205 Å². The molecule has 1 aromatic heterocycles. The number of nitrogens with zero attached hydrogens (tertiary/aromatic N) is 2. The first-order valence-electron chi connectivity index (χ1n) is 12.6. The summed E-state index contributed by atoms with van der Waals surface area (Å²) in [6.45, 7) is 8.64. The minimum absolute atomic E-state index is 0.0977. The Hall–Kier alpha value is -2.97. The van der Waals surface area contributed by atoms with Crippen LogP contribution in [0.2, 0.25) is 0 Å². The van der Waals surface area contributed by atoms with E-state index in [4.69, 9.17) is 0 Å². The number of para-hydroxylation sites is 1. The molecule has 0 radical (unpaired) electrons. The second-order valence-corrected chi connectivity index (χ2v) is 11.0. The number of carbonyl (C=O) groups is 3. The summed E-state index contributed by atoms with van der Waals surface area (Å²) in [5.74, 6) is -0.977. The quantitative estimate of drug-likeness (QED) is 0.557. The number of benzene rings is 1. The highest BCUT2D eigenvalue weighted by molar-refractivity contribution is 5.93. The van der Waals surface area contributed by atoms with Crippen LogP contribution in [0.15, 0.2) is 18.2 Å². The first-order valence-corrected chi connectivity index (χ1v) is 12.6. The lowest BCUT2D eigenvalue weighted by Gasteiger charge is -2.42. The second-order valence-electron chi connectivity index (χ2n) is 11.0. The molecule has 2 aromatic rings. The van der Waals surface area contributed by atoms with Gasteiger partial charge >= 0.3 is 0 Å². The number of aromatic nitrogens is 2. The van der Waals surface area contributed by atoms with E-state index in [1.807, 2.05) is 11.8 Å². The number of amides is 3. The molecule has 0 spiro atoms. The molecule has 0 bridgehead atoms. The number of H-pyrrole nitrogens is 1. The van der Waals surface area contributed by atoms with Gasteiger partial charge in [0.1, 0.15) is 17.4 Å². The van der Waals surface area contributed by atoms with Crippen LogP contribution < -0.4 is 10.6 Å². The van der Waals surface area contributed by atoms with E-state index in [0.717, 1.165) is 32.1 Å². The highest BCUT2D eigenvalue weighted by atomic mass is 19.1. The molecule has 1 saturated carbocycles. The summed E-state index contributed by atoms with van der Waals surface area (Å²) in [7, 11) is 0. The van der Waals surface area contributed by atoms with Crippen molar-refractivity contribution in [3.8, 4) is 0 Å². The molecule has 9 heteroatoms. The molecule has 1 saturated heterocycles. The average molecular weight is 486 g/mol. The van der Waals surface area contributed by atoms with Crippen LogP contribution in [-0.4, -0.2) is 51.2 Å². The predicted molar refractivity (Wildman–Crippen MR) is 131 cm³/mol. The van der Waals surface area contributed by atoms with Crippen molar-refractivity contribution in [1.29, 1.82) is 0 Å². The Balaban J connectivity index is 1.47. The minimum atomic E-state index is -0.989. The summed E-state index contributed by atoms with van der Waals surface area (Å²) in [5, 5.41) is 5.70. The molecule has 3 N–H and O–H groups in total. The number of fused-ring (bicyclic) bond motifs is 1. The van der Waals surface area contributed by atoms with E-state index in [0.29, 0.717) is 17.9 Å². The van der Waals surface area contributed by atoms with E-state index < -0.39 is 23.8 Å². The third kappa shape index (κ3) is 5.65. The zero-order valence-corrected chi connectivity index (χ0v) is 21.0. The fourth-order valence-electron chi connectivity index (χ4n) is 5.32. The maximum absolute atomic E-state index is 14.1. The van der Waals surface area contributed by atoms with Gasteiger partial charge < -0.3 is 20.5 Å². The summed E-state index contributed by atoms with van der Waals surface area (Å²) >= 11 is 0. The molecule has 1 aliphatic heterocycles. The van der Waals surface area contributed by atoms with Gasteiger partial charge in [-0.3, -0.25) is 14.4 Å². The molecule has 0 unspecified atom stereocenters. The van der Waals surface area contributed by atoms with Gasteiger partial charge in [-0.05, 0) is 63.5 Å². The van der Waals surface area contributed by atoms with Crippen LogP contribution in [0.1, 0.15) is 78.1 Å². The van der Waals surface area contributed by atoms with E-state index in [-0.39, 0.29) is 41.1 Å². The number of piperidine rings is 1. The third-order valence-corrected chi connectivity index (χ3v) is 7.35. The average Bonchev–Trinajstić information content (AvgIpc) is 3.23. The van der Waals surface area contributed by atoms with E-state index in [9.17, 15) is 18.8 Å². The summed E-state index contributed by atoms with van der Waals surface area (Å²) < 4.78 is 14.1. The van der Waals surface area contributed by atoms with E-state index in [2.05, 4.69) is 34.4 Å². The van der Waals surface area contributed by atoms with Gasteiger partial charge in [0.15, 0.2) is 5.82 Å². The number of carbonyl (C=O) groups excluding carboxylic acids is 3. The van der Waals surface area contributed by atoms with Crippen molar-refractivity contribution in [2.45, 2.75) is 84.3 Å². The van der Waals surface area contributed by atoms with Gasteiger partial charge in [0.2, 0.25) is 17.7 Å². The molecule has 3 atom stereocenters. The number of imidazole rings is 1. The Morgan fingerprint density at radius 1 is 1.23 bits per heavy atom. The molecule has 2 aliphatic rings. The smallest absolute Gasteiger partial charge is 0.243 e. The van der Waals surface area contributed by atoms with E-state index in [1.165, 1.54) is 6.07 Å². The van der Waals surface area contributed by atoms with Crippen LogP contribution in [0.25, 0.3) is 11.0 Å². The molecule has 2 heterocycles. The lowest BCUT2D eigenvalue weighted by molar-refractivity contribution is -0.140. The standard InChI is InChI=1S/C26H36FN5O3/c1-15-8-5-6-11-32(15)21(33)12-20(30-24(34)17-13-26(3,4)14-17)25(35)28-16(2)23-29-19-10-7-9-18(27)22(19)31-23/h7,9-10,15-17,20H,5-6,8,11-14H2,1-4H3,(H,28,35)(H,29,31)(H,30,34)/t15-,16-,20-/m0/s1.